The van der Waals surface area contributed by atoms with E-state index in [0.29, 0.717) is 43.1 Å². The maximum Gasteiger partial charge on any atom is 0.264 e. The quantitative estimate of drug-likeness (QED) is 0.368. The van der Waals surface area contributed by atoms with Crippen LogP contribution in [0.2, 0.25) is 0 Å². The van der Waals surface area contributed by atoms with E-state index in [9.17, 15) is 13.2 Å². The zero-order chi connectivity index (χ0) is 25.8. The van der Waals surface area contributed by atoms with Crippen molar-refractivity contribution in [2.24, 2.45) is 5.92 Å². The van der Waals surface area contributed by atoms with Crippen molar-refractivity contribution in [3.05, 3.63) is 67.0 Å². The molecular weight excluding hydrogens is 496 g/mol. The predicted molar refractivity (Wildman–Crippen MR) is 135 cm³/mol. The van der Waals surface area contributed by atoms with Gasteiger partial charge in [0.05, 0.1) is 4.90 Å². The fourth-order valence-corrected chi connectivity index (χ4v) is 4.90. The van der Waals surface area contributed by atoms with Crippen LogP contribution in [0.5, 0.6) is 0 Å². The lowest BCUT2D eigenvalue weighted by atomic mass is 9.96. The number of anilines is 3. The zero-order valence-electron chi connectivity index (χ0n) is 19.9. The van der Waals surface area contributed by atoms with Crippen LogP contribution < -0.4 is 14.9 Å². The Morgan fingerprint density at radius 2 is 1.73 bits per heavy atom. The number of aromatic nitrogens is 7. The van der Waals surface area contributed by atoms with Gasteiger partial charge >= 0.3 is 0 Å². The number of carbonyl (C=O) groups excluding carboxylic acids is 1. The molecule has 1 saturated heterocycles. The third kappa shape index (κ3) is 5.69. The third-order valence-corrected chi connectivity index (χ3v) is 7.28. The molecule has 5 rings (SSSR count). The van der Waals surface area contributed by atoms with Gasteiger partial charge in [-0.05, 0) is 62.2 Å². The van der Waals surface area contributed by atoms with Gasteiger partial charge in [-0.3, -0.25) is 4.79 Å². The van der Waals surface area contributed by atoms with Gasteiger partial charge in [0.1, 0.15) is 12.7 Å². The Kier molecular flexibility index (Phi) is 6.72. The molecule has 0 saturated carbocycles. The van der Waals surface area contributed by atoms with Crippen LogP contribution in [0.4, 0.5) is 17.5 Å². The lowest BCUT2D eigenvalue weighted by Crippen LogP contribution is -2.38. The highest BCUT2D eigenvalue weighted by Gasteiger charge is 2.26. The van der Waals surface area contributed by atoms with Crippen molar-refractivity contribution in [1.29, 1.82) is 0 Å². The monoisotopic (exact) mass is 520 g/mol. The van der Waals surface area contributed by atoms with Crippen LogP contribution in [0.3, 0.4) is 0 Å². The summed E-state index contributed by atoms with van der Waals surface area (Å²) in [5.41, 5.74) is 1.17. The molecule has 1 aliphatic heterocycles. The van der Waals surface area contributed by atoms with E-state index in [2.05, 4.69) is 45.2 Å². The highest BCUT2D eigenvalue weighted by atomic mass is 32.2. The minimum Gasteiger partial charge on any atom is -0.355 e. The fraction of sp³-hybridized carbons (Fsp3) is 0.261. The van der Waals surface area contributed by atoms with Crippen molar-refractivity contribution in [1.82, 2.24) is 34.9 Å². The van der Waals surface area contributed by atoms with Crippen molar-refractivity contribution in [2.75, 3.05) is 28.0 Å². The molecule has 14 heteroatoms. The molecule has 1 aromatic carbocycles. The highest BCUT2D eigenvalue weighted by Crippen LogP contribution is 2.24. The number of nitrogens with zero attached hydrogens (tertiary/aromatic N) is 8. The lowest BCUT2D eigenvalue weighted by Gasteiger charge is -2.31. The summed E-state index contributed by atoms with van der Waals surface area (Å²) in [4.78, 5) is 26.8. The second-order valence-corrected chi connectivity index (χ2v) is 10.2. The summed E-state index contributed by atoms with van der Waals surface area (Å²) in [5.74, 6) is 1.05. The first kappa shape index (κ1) is 24.2. The van der Waals surface area contributed by atoms with E-state index in [1.807, 2.05) is 12.1 Å². The van der Waals surface area contributed by atoms with E-state index in [1.165, 1.54) is 29.3 Å². The summed E-state index contributed by atoms with van der Waals surface area (Å²) < 4.78 is 29.1. The first-order chi connectivity index (χ1) is 17.9. The number of rotatable bonds is 7. The molecule has 190 valence electrons. The first-order valence-electron chi connectivity index (χ1n) is 11.5. The molecule has 4 heterocycles. The Balaban J connectivity index is 1.14. The number of benzene rings is 1. The number of sulfonamides is 1. The number of carbonyl (C=O) groups is 1. The smallest absolute Gasteiger partial charge is 0.264 e. The van der Waals surface area contributed by atoms with Gasteiger partial charge < -0.3 is 10.2 Å². The fourth-order valence-electron chi connectivity index (χ4n) is 3.95. The van der Waals surface area contributed by atoms with Gasteiger partial charge in [-0.1, -0.05) is 0 Å². The van der Waals surface area contributed by atoms with Gasteiger partial charge in [0.2, 0.25) is 11.9 Å². The maximum absolute atomic E-state index is 12.8. The summed E-state index contributed by atoms with van der Waals surface area (Å²) >= 11 is 0. The van der Waals surface area contributed by atoms with E-state index < -0.39 is 10.0 Å². The van der Waals surface area contributed by atoms with Crippen LogP contribution in [0.1, 0.15) is 18.5 Å². The third-order valence-electron chi connectivity index (χ3n) is 5.93. The van der Waals surface area contributed by atoms with Crippen LogP contribution >= 0.6 is 0 Å². The molecule has 0 radical (unpaired) electrons. The van der Waals surface area contributed by atoms with Crippen molar-refractivity contribution in [3.63, 3.8) is 0 Å². The van der Waals surface area contributed by atoms with Crippen molar-refractivity contribution >= 4 is 33.4 Å². The zero-order valence-corrected chi connectivity index (χ0v) is 20.7. The molecule has 1 aliphatic rings. The lowest BCUT2D eigenvalue weighted by molar-refractivity contribution is -0.120. The van der Waals surface area contributed by atoms with E-state index in [-0.39, 0.29) is 22.7 Å². The number of aryl methyl sites for hydroxylation is 1. The highest BCUT2D eigenvalue weighted by molar-refractivity contribution is 7.92. The Morgan fingerprint density at radius 1 is 1.00 bits per heavy atom. The van der Waals surface area contributed by atoms with Crippen LogP contribution in [0.25, 0.3) is 5.82 Å². The molecule has 0 aliphatic carbocycles. The standard InChI is InChI=1S/C23H24N10O3S/c1-16-8-11-25-23(27-16)31-37(35,36)19-4-2-18(3-5-19)28-22(34)17-9-12-32(13-10-17)20-6-7-21(30-29-20)33-15-24-14-26-33/h2-8,11,14-15,17H,9-10,12-13H2,1H3,(H,28,34)(H,25,27,31). The molecule has 0 atom stereocenters. The predicted octanol–water partition coefficient (Wildman–Crippen LogP) is 1.81. The molecule has 37 heavy (non-hydrogen) atoms. The summed E-state index contributed by atoms with van der Waals surface area (Å²) in [6.07, 6.45) is 5.78. The van der Waals surface area contributed by atoms with Crippen LogP contribution in [0.15, 0.2) is 66.2 Å². The van der Waals surface area contributed by atoms with Crippen molar-refractivity contribution in [3.8, 4) is 5.82 Å². The average molecular weight is 521 g/mol. The van der Waals surface area contributed by atoms with Crippen LogP contribution in [0, 0.1) is 12.8 Å². The Hall–Kier alpha value is -4.46. The number of amides is 1. The number of nitrogens with one attached hydrogen (secondary N) is 2. The van der Waals surface area contributed by atoms with E-state index in [0.717, 1.165) is 5.82 Å². The van der Waals surface area contributed by atoms with Gasteiger partial charge in [-0.15, -0.1) is 10.2 Å². The SMILES string of the molecule is Cc1ccnc(NS(=O)(=O)c2ccc(NC(=O)C3CCN(c4ccc(-n5cncn5)nn4)CC3)cc2)n1. The summed E-state index contributed by atoms with van der Waals surface area (Å²) in [6, 6.07) is 11.3. The van der Waals surface area contributed by atoms with Gasteiger partial charge in [-0.25, -0.2) is 32.8 Å². The minimum absolute atomic E-state index is 0.000791. The molecule has 3 aromatic heterocycles. The van der Waals surface area contributed by atoms with Gasteiger partial charge in [-0.2, -0.15) is 5.10 Å². The topological polar surface area (TPSA) is 161 Å². The Morgan fingerprint density at radius 3 is 2.38 bits per heavy atom. The summed E-state index contributed by atoms with van der Waals surface area (Å²) in [5, 5.41) is 15.4. The van der Waals surface area contributed by atoms with E-state index in [4.69, 9.17) is 0 Å². The maximum atomic E-state index is 12.8. The Bertz CT molecular complexity index is 1470. The molecule has 1 amide bonds. The van der Waals surface area contributed by atoms with E-state index >= 15 is 0 Å². The van der Waals surface area contributed by atoms with Gasteiger partial charge in [0, 0.05) is 36.6 Å². The summed E-state index contributed by atoms with van der Waals surface area (Å²) in [6.45, 7) is 3.08. The first-order valence-corrected chi connectivity index (χ1v) is 13.0. The van der Waals surface area contributed by atoms with Gasteiger partial charge in [0.15, 0.2) is 11.6 Å². The second kappa shape index (κ2) is 10.3. The Labute approximate surface area is 213 Å². The number of hydrogen-bond acceptors (Lipinski definition) is 10. The van der Waals surface area contributed by atoms with Crippen molar-refractivity contribution < 1.29 is 13.2 Å². The average Bonchev–Trinajstić information content (AvgIpc) is 3.44. The van der Waals surface area contributed by atoms with Crippen molar-refractivity contribution in [2.45, 2.75) is 24.7 Å². The molecule has 4 aromatic rings. The molecule has 13 nitrogen and oxygen atoms in total. The molecule has 0 unspecified atom stereocenters. The normalized spacial score (nSPS) is 14.4. The molecule has 2 N–H and O–H groups in total. The van der Waals surface area contributed by atoms with Crippen LogP contribution in [-0.2, 0) is 14.8 Å². The number of piperidine rings is 1. The van der Waals surface area contributed by atoms with Gasteiger partial charge in [0.25, 0.3) is 10.0 Å². The molecular formula is C23H24N10O3S. The second-order valence-electron chi connectivity index (χ2n) is 8.49. The molecule has 0 spiro atoms. The molecule has 0 bridgehead atoms. The molecule has 1 fully saturated rings. The summed E-state index contributed by atoms with van der Waals surface area (Å²) in [7, 11) is -3.86. The van der Waals surface area contributed by atoms with Crippen LogP contribution in [-0.4, -0.2) is 62.3 Å². The minimum atomic E-state index is -3.86. The largest absolute Gasteiger partial charge is 0.355 e. The van der Waals surface area contributed by atoms with E-state index in [1.54, 1.807) is 31.5 Å². The number of hydrogen-bond donors (Lipinski definition) is 2.